The Balaban J connectivity index is 1.52. The number of hydrogen-bond donors (Lipinski definition) is 0. The molecule has 0 spiro atoms. The Kier molecular flexibility index (Phi) is 4.97. The fourth-order valence-corrected chi connectivity index (χ4v) is 3.06. The summed E-state index contributed by atoms with van der Waals surface area (Å²) in [5, 5.41) is 0. The molecular weight excluding hydrogens is 300 g/mol. The summed E-state index contributed by atoms with van der Waals surface area (Å²) in [6, 6.07) is 1.62. The summed E-state index contributed by atoms with van der Waals surface area (Å²) >= 11 is 0. The van der Waals surface area contributed by atoms with Gasteiger partial charge in [-0.15, -0.1) is 0 Å². The van der Waals surface area contributed by atoms with E-state index in [1.54, 1.807) is 6.07 Å². The number of ether oxygens (including phenoxy) is 2. The average Bonchev–Trinajstić information content (AvgIpc) is 3.26. The number of furan rings is 1. The minimum atomic E-state index is -0.388. The predicted octanol–water partition coefficient (Wildman–Crippen LogP) is 0.889. The average molecular weight is 322 g/mol. The number of esters is 1. The van der Waals surface area contributed by atoms with E-state index in [1.165, 1.54) is 13.4 Å². The van der Waals surface area contributed by atoms with Crippen molar-refractivity contribution in [2.75, 3.05) is 39.9 Å². The van der Waals surface area contributed by atoms with E-state index in [0.717, 1.165) is 25.9 Å². The molecule has 0 saturated carbocycles. The molecule has 23 heavy (non-hydrogen) atoms. The third-order valence-corrected chi connectivity index (χ3v) is 4.41. The summed E-state index contributed by atoms with van der Waals surface area (Å²) < 4.78 is 15.6. The van der Waals surface area contributed by atoms with Crippen LogP contribution in [0.4, 0.5) is 0 Å². The summed E-state index contributed by atoms with van der Waals surface area (Å²) in [5.74, 6) is 0.326. The van der Waals surface area contributed by atoms with Crippen LogP contribution in [0.3, 0.4) is 0 Å². The summed E-state index contributed by atoms with van der Waals surface area (Å²) in [4.78, 5) is 28.0. The highest BCUT2D eigenvalue weighted by Gasteiger charge is 2.30. The molecule has 3 heterocycles. The van der Waals surface area contributed by atoms with Gasteiger partial charge in [-0.05, 0) is 18.9 Å². The number of piperazine rings is 1. The standard InChI is InChI=1S/C16H22N2O5/c1-21-16(20)12-4-10-23-14(12)11-17-5-7-18(8-6-17)15(19)13-3-2-9-22-13/h4,10,13H,2-3,5-9,11H2,1H3. The number of rotatable bonds is 4. The maximum atomic E-state index is 12.3. The molecule has 2 aliphatic rings. The number of carbonyl (C=O) groups is 2. The van der Waals surface area contributed by atoms with Crippen LogP contribution in [0, 0.1) is 0 Å². The molecule has 1 aromatic heterocycles. The van der Waals surface area contributed by atoms with Crippen LogP contribution in [0.1, 0.15) is 29.0 Å². The van der Waals surface area contributed by atoms with Crippen molar-refractivity contribution < 1.29 is 23.5 Å². The van der Waals surface area contributed by atoms with Crippen LogP contribution >= 0.6 is 0 Å². The molecule has 0 aromatic carbocycles. The zero-order valence-electron chi connectivity index (χ0n) is 13.3. The maximum Gasteiger partial charge on any atom is 0.341 e. The molecule has 7 nitrogen and oxygen atoms in total. The van der Waals surface area contributed by atoms with Gasteiger partial charge in [-0.25, -0.2) is 4.79 Å². The maximum absolute atomic E-state index is 12.3. The van der Waals surface area contributed by atoms with Crippen LogP contribution in [0.5, 0.6) is 0 Å². The summed E-state index contributed by atoms with van der Waals surface area (Å²) in [6.45, 7) is 4.07. The van der Waals surface area contributed by atoms with Crippen molar-refractivity contribution in [3.63, 3.8) is 0 Å². The zero-order chi connectivity index (χ0) is 16.2. The highest BCUT2D eigenvalue weighted by atomic mass is 16.5. The van der Waals surface area contributed by atoms with E-state index in [9.17, 15) is 9.59 Å². The van der Waals surface area contributed by atoms with Crippen LogP contribution in [-0.2, 0) is 20.8 Å². The van der Waals surface area contributed by atoms with Gasteiger partial charge in [-0.1, -0.05) is 0 Å². The zero-order valence-corrected chi connectivity index (χ0v) is 13.3. The van der Waals surface area contributed by atoms with Gasteiger partial charge in [0.25, 0.3) is 5.91 Å². The van der Waals surface area contributed by atoms with Crippen LogP contribution < -0.4 is 0 Å². The minimum Gasteiger partial charge on any atom is -0.467 e. The molecule has 3 rings (SSSR count). The molecule has 2 fully saturated rings. The first-order valence-electron chi connectivity index (χ1n) is 7.96. The van der Waals surface area contributed by atoms with E-state index in [0.29, 0.717) is 37.6 Å². The molecule has 126 valence electrons. The van der Waals surface area contributed by atoms with Gasteiger partial charge in [0.05, 0.1) is 19.9 Å². The van der Waals surface area contributed by atoms with Crippen molar-refractivity contribution in [1.82, 2.24) is 9.80 Å². The van der Waals surface area contributed by atoms with Crippen molar-refractivity contribution in [1.29, 1.82) is 0 Å². The van der Waals surface area contributed by atoms with Crippen LogP contribution in [0.15, 0.2) is 16.7 Å². The minimum absolute atomic E-state index is 0.107. The van der Waals surface area contributed by atoms with Crippen molar-refractivity contribution >= 4 is 11.9 Å². The highest BCUT2D eigenvalue weighted by molar-refractivity contribution is 5.90. The van der Waals surface area contributed by atoms with E-state index in [2.05, 4.69) is 4.90 Å². The van der Waals surface area contributed by atoms with E-state index in [4.69, 9.17) is 13.9 Å². The monoisotopic (exact) mass is 322 g/mol. The predicted molar refractivity (Wildman–Crippen MR) is 80.9 cm³/mol. The van der Waals surface area contributed by atoms with Gasteiger partial charge in [0.2, 0.25) is 0 Å². The lowest BCUT2D eigenvalue weighted by atomic mass is 10.2. The van der Waals surface area contributed by atoms with Gasteiger partial charge in [0.1, 0.15) is 17.4 Å². The Morgan fingerprint density at radius 1 is 1.30 bits per heavy atom. The lowest BCUT2D eigenvalue weighted by Crippen LogP contribution is -2.51. The van der Waals surface area contributed by atoms with Gasteiger partial charge in [0, 0.05) is 32.8 Å². The molecule has 1 atom stereocenters. The number of nitrogens with zero attached hydrogens (tertiary/aromatic N) is 2. The normalized spacial score (nSPS) is 22.3. The van der Waals surface area contributed by atoms with Gasteiger partial charge in [0.15, 0.2) is 0 Å². The molecule has 0 radical (unpaired) electrons. The van der Waals surface area contributed by atoms with Crippen LogP contribution in [0.2, 0.25) is 0 Å². The Morgan fingerprint density at radius 3 is 2.74 bits per heavy atom. The van der Waals surface area contributed by atoms with E-state index >= 15 is 0 Å². The van der Waals surface area contributed by atoms with Gasteiger partial charge in [-0.3, -0.25) is 9.69 Å². The second-order valence-corrected chi connectivity index (χ2v) is 5.85. The number of carbonyl (C=O) groups excluding carboxylic acids is 2. The molecule has 0 aliphatic carbocycles. The number of methoxy groups -OCH3 is 1. The van der Waals surface area contributed by atoms with E-state index in [1.807, 2.05) is 4.90 Å². The first-order valence-corrected chi connectivity index (χ1v) is 7.96. The largest absolute Gasteiger partial charge is 0.467 e. The summed E-state index contributed by atoms with van der Waals surface area (Å²) in [6.07, 6.45) is 3.04. The second kappa shape index (κ2) is 7.14. The number of hydrogen-bond acceptors (Lipinski definition) is 6. The Bertz CT molecular complexity index is 557. The van der Waals surface area contributed by atoms with Gasteiger partial charge < -0.3 is 18.8 Å². The molecule has 1 aromatic rings. The Labute approximate surface area is 135 Å². The molecule has 2 saturated heterocycles. The fraction of sp³-hybridized carbons (Fsp3) is 0.625. The molecule has 0 bridgehead atoms. The van der Waals surface area contributed by atoms with Crippen LogP contribution in [-0.4, -0.2) is 67.7 Å². The molecule has 1 unspecified atom stereocenters. The van der Waals surface area contributed by atoms with Crippen molar-refractivity contribution in [2.45, 2.75) is 25.5 Å². The molecule has 2 aliphatic heterocycles. The third-order valence-electron chi connectivity index (χ3n) is 4.41. The molecular formula is C16H22N2O5. The fourth-order valence-electron chi connectivity index (χ4n) is 3.06. The van der Waals surface area contributed by atoms with E-state index < -0.39 is 0 Å². The SMILES string of the molecule is COC(=O)c1ccoc1CN1CCN(C(=O)C2CCCO2)CC1. The molecule has 0 N–H and O–H groups in total. The van der Waals surface area contributed by atoms with Gasteiger partial charge >= 0.3 is 5.97 Å². The lowest BCUT2D eigenvalue weighted by Gasteiger charge is -2.35. The van der Waals surface area contributed by atoms with Crippen molar-refractivity contribution in [3.8, 4) is 0 Å². The summed E-state index contributed by atoms with van der Waals surface area (Å²) in [5.41, 5.74) is 0.463. The van der Waals surface area contributed by atoms with Crippen molar-refractivity contribution in [3.05, 3.63) is 23.7 Å². The summed E-state index contributed by atoms with van der Waals surface area (Å²) in [7, 11) is 1.36. The first-order chi connectivity index (χ1) is 11.2. The van der Waals surface area contributed by atoms with Crippen LogP contribution in [0.25, 0.3) is 0 Å². The second-order valence-electron chi connectivity index (χ2n) is 5.85. The lowest BCUT2D eigenvalue weighted by molar-refractivity contribution is -0.142. The van der Waals surface area contributed by atoms with Crippen molar-refractivity contribution in [2.24, 2.45) is 0 Å². The highest BCUT2D eigenvalue weighted by Crippen LogP contribution is 2.18. The van der Waals surface area contributed by atoms with E-state index in [-0.39, 0.29) is 18.0 Å². The third kappa shape index (κ3) is 3.56. The smallest absolute Gasteiger partial charge is 0.341 e. The Hall–Kier alpha value is -1.86. The first kappa shape index (κ1) is 16.0. The molecule has 1 amide bonds. The topological polar surface area (TPSA) is 72.2 Å². The number of amides is 1. The van der Waals surface area contributed by atoms with Gasteiger partial charge in [-0.2, -0.15) is 0 Å². The molecule has 7 heteroatoms. The Morgan fingerprint density at radius 2 is 2.09 bits per heavy atom. The quantitative estimate of drug-likeness (QED) is 0.767.